The molecular weight excluding hydrogens is 622 g/mol. The number of halogens is 1. The third-order valence-corrected chi connectivity index (χ3v) is 9.79. The number of hydrogen-bond donors (Lipinski definition) is 3. The van der Waals surface area contributed by atoms with E-state index in [-0.39, 0.29) is 16.7 Å². The minimum Gasteiger partial charge on any atom is -0.453 e. The van der Waals surface area contributed by atoms with Crippen LogP contribution in [-0.4, -0.2) is 55.0 Å². The Morgan fingerprint density at radius 1 is 1.00 bits per heavy atom. The van der Waals surface area contributed by atoms with Gasteiger partial charge < -0.3 is 39.0 Å². The molecule has 12 nitrogen and oxygen atoms in total. The molecule has 5 aromatic rings. The Morgan fingerprint density at radius 3 is 2.51 bits per heavy atom. The van der Waals surface area contributed by atoms with E-state index in [1.54, 1.807) is 37.6 Å². The molecule has 3 aromatic heterocycles. The number of carbonyl (C=O) groups excluding carboxylic acids is 1. The zero-order valence-electron chi connectivity index (χ0n) is 25.0. The highest BCUT2D eigenvalue weighted by molar-refractivity contribution is 7.62. The maximum absolute atomic E-state index is 15.2. The van der Waals surface area contributed by atoms with Crippen molar-refractivity contribution in [1.82, 2.24) is 19.9 Å². The largest absolute Gasteiger partial charge is 0.453 e. The number of thiophene rings is 1. The van der Waals surface area contributed by atoms with Gasteiger partial charge in [-0.25, -0.2) is 14.2 Å². The van der Waals surface area contributed by atoms with Gasteiger partial charge in [0.25, 0.3) is 0 Å². The second-order valence-electron chi connectivity index (χ2n) is 9.68. The zero-order valence-corrected chi connectivity index (χ0v) is 26.7. The molecule has 0 radical (unpaired) electrons. The van der Waals surface area contributed by atoms with Crippen LogP contribution in [0.25, 0.3) is 20.9 Å². The van der Waals surface area contributed by atoms with Gasteiger partial charge in [0.15, 0.2) is 11.6 Å². The molecule has 236 valence electrons. The Labute approximate surface area is 263 Å². The molecule has 0 saturated heterocycles. The number of pyridine rings is 1. The molecule has 0 aliphatic carbocycles. The number of benzene rings is 2. The van der Waals surface area contributed by atoms with Crippen LogP contribution in [0.1, 0.15) is 5.69 Å². The number of anilines is 2. The molecule has 3 N–H and O–H groups in total. The number of hydrogen-bond acceptors (Lipinski definition) is 10. The van der Waals surface area contributed by atoms with E-state index >= 15 is 4.39 Å². The second kappa shape index (κ2) is 14.3. The number of ether oxygens (including phenoxy) is 2. The van der Waals surface area contributed by atoms with E-state index in [4.69, 9.17) is 18.5 Å². The van der Waals surface area contributed by atoms with Crippen LogP contribution in [0.15, 0.2) is 67.0 Å². The number of rotatable bonds is 13. The van der Waals surface area contributed by atoms with Gasteiger partial charge in [-0.15, -0.1) is 11.3 Å². The number of fused-ring (bicyclic) bond motifs is 1. The summed E-state index contributed by atoms with van der Waals surface area (Å²) < 4.78 is 51.6. The van der Waals surface area contributed by atoms with Crippen molar-refractivity contribution >= 4 is 51.9 Å². The zero-order chi connectivity index (χ0) is 32.0. The molecule has 2 aromatic carbocycles. The average molecular weight is 655 g/mol. The van der Waals surface area contributed by atoms with Gasteiger partial charge in [-0.3, -0.25) is 9.55 Å². The number of imidazole rings is 1. The summed E-state index contributed by atoms with van der Waals surface area (Å²) in [5, 5.41) is 8.80. The van der Waals surface area contributed by atoms with E-state index in [2.05, 4.69) is 25.9 Å². The number of amides is 2. The van der Waals surface area contributed by atoms with Crippen molar-refractivity contribution in [3.63, 3.8) is 0 Å². The maximum atomic E-state index is 15.2. The van der Waals surface area contributed by atoms with Gasteiger partial charge in [0.05, 0.1) is 38.9 Å². The fourth-order valence-corrected chi connectivity index (χ4v) is 6.68. The molecule has 0 aliphatic heterocycles. The van der Waals surface area contributed by atoms with Crippen molar-refractivity contribution in [2.45, 2.75) is 6.54 Å². The van der Waals surface area contributed by atoms with Gasteiger partial charge >= 0.3 is 13.6 Å². The molecule has 45 heavy (non-hydrogen) atoms. The van der Waals surface area contributed by atoms with E-state index in [0.717, 1.165) is 33.7 Å². The van der Waals surface area contributed by atoms with Crippen molar-refractivity contribution in [2.75, 3.05) is 45.1 Å². The SMILES string of the molecule is COCCNCc1cnc(-c2cc3nccc(Oc4ccc(NC(=O)Nc5cccc(P(=O)(OC)OC)c5)cc4F)c3s2)n1C. The highest BCUT2D eigenvalue weighted by Gasteiger charge is 2.24. The summed E-state index contributed by atoms with van der Waals surface area (Å²) in [6.45, 7) is 2.00. The van der Waals surface area contributed by atoms with Crippen molar-refractivity contribution in [2.24, 2.45) is 7.05 Å². The standard InChI is InChI=1S/C30H32FN6O6PS/c1-37-21(17-32-12-13-40-2)18-34-29(37)27-16-24-28(45-27)26(10-11-33-24)43-25-9-8-20(15-23(25)31)36-30(38)35-19-6-5-7-22(14-19)44(39,41-3)42-4/h5-11,14-16,18,32H,12-13,17H2,1-4H3,(H2,35,36,38). The van der Waals surface area contributed by atoms with E-state index in [0.29, 0.717) is 30.1 Å². The minimum absolute atomic E-state index is 0.0209. The van der Waals surface area contributed by atoms with Crippen LogP contribution >= 0.6 is 18.9 Å². The molecule has 5 rings (SSSR count). The molecule has 2 amide bonds. The lowest BCUT2D eigenvalue weighted by molar-refractivity contribution is 0.199. The van der Waals surface area contributed by atoms with Gasteiger partial charge in [0, 0.05) is 71.2 Å². The number of carbonyl (C=O) groups is 1. The molecule has 0 saturated carbocycles. The molecule has 0 unspecified atom stereocenters. The molecule has 0 spiro atoms. The average Bonchev–Trinajstić information content (AvgIpc) is 3.64. The summed E-state index contributed by atoms with van der Waals surface area (Å²) >= 11 is 1.45. The first-order chi connectivity index (χ1) is 21.7. The number of methoxy groups -OCH3 is 1. The van der Waals surface area contributed by atoms with Crippen molar-refractivity contribution in [1.29, 1.82) is 0 Å². The lowest BCUT2D eigenvalue weighted by Crippen LogP contribution is -2.20. The number of urea groups is 1. The van der Waals surface area contributed by atoms with Gasteiger partial charge in [-0.05, 0) is 36.4 Å². The monoisotopic (exact) mass is 654 g/mol. The summed E-state index contributed by atoms with van der Waals surface area (Å²) in [4.78, 5) is 22.6. The van der Waals surface area contributed by atoms with Crippen LogP contribution in [0.5, 0.6) is 11.5 Å². The summed E-state index contributed by atoms with van der Waals surface area (Å²) in [5.41, 5.74) is 2.26. The second-order valence-corrected chi connectivity index (χ2v) is 13.0. The molecule has 3 heterocycles. The van der Waals surface area contributed by atoms with Crippen LogP contribution in [0.3, 0.4) is 0 Å². The highest BCUT2D eigenvalue weighted by Crippen LogP contribution is 2.45. The first-order valence-corrected chi connectivity index (χ1v) is 16.1. The van der Waals surface area contributed by atoms with E-state index in [1.165, 1.54) is 43.8 Å². The topological polar surface area (TPSA) is 138 Å². The first-order valence-electron chi connectivity index (χ1n) is 13.7. The Hall–Kier alpha value is -4.17. The molecule has 15 heteroatoms. The lowest BCUT2D eigenvalue weighted by Gasteiger charge is -2.15. The number of nitrogens with zero attached hydrogens (tertiary/aromatic N) is 3. The Bertz CT molecular complexity index is 1860. The van der Waals surface area contributed by atoms with Crippen LogP contribution in [0.2, 0.25) is 0 Å². The van der Waals surface area contributed by atoms with Crippen molar-refractivity contribution in [3.05, 3.63) is 78.5 Å². The summed E-state index contributed by atoms with van der Waals surface area (Å²) in [7, 11) is 2.67. The lowest BCUT2D eigenvalue weighted by atomic mass is 10.3. The summed E-state index contributed by atoms with van der Waals surface area (Å²) in [6, 6.07) is 13.3. The third kappa shape index (κ3) is 7.39. The Balaban J connectivity index is 1.27. The van der Waals surface area contributed by atoms with E-state index in [9.17, 15) is 9.36 Å². The van der Waals surface area contributed by atoms with Crippen LogP contribution in [0, 0.1) is 5.82 Å². The van der Waals surface area contributed by atoms with Crippen LogP contribution in [0.4, 0.5) is 20.6 Å². The van der Waals surface area contributed by atoms with Crippen molar-refractivity contribution in [3.8, 4) is 22.2 Å². The van der Waals surface area contributed by atoms with Crippen molar-refractivity contribution < 1.29 is 32.3 Å². The maximum Gasteiger partial charge on any atom is 0.360 e. The quantitative estimate of drug-likeness (QED) is 0.101. The molecule has 0 bridgehead atoms. The molecule has 0 fully saturated rings. The number of nitrogens with one attached hydrogen (secondary N) is 3. The van der Waals surface area contributed by atoms with Gasteiger partial charge in [-0.1, -0.05) is 6.07 Å². The summed E-state index contributed by atoms with van der Waals surface area (Å²) in [5.74, 6) is 0.527. The Kier molecular flexibility index (Phi) is 10.2. The van der Waals surface area contributed by atoms with Crippen LogP contribution in [-0.2, 0) is 31.9 Å². The van der Waals surface area contributed by atoms with Gasteiger partial charge in [0.2, 0.25) is 0 Å². The fourth-order valence-electron chi connectivity index (χ4n) is 4.45. The smallest absolute Gasteiger partial charge is 0.360 e. The third-order valence-electron chi connectivity index (χ3n) is 6.78. The predicted octanol–water partition coefficient (Wildman–Crippen LogP) is 6.12. The normalized spacial score (nSPS) is 11.6. The number of aromatic nitrogens is 3. The highest BCUT2D eigenvalue weighted by atomic mass is 32.1. The fraction of sp³-hybridized carbons (Fsp3) is 0.233. The molecular formula is C30H32FN6O6PS. The van der Waals surface area contributed by atoms with Gasteiger partial charge in [-0.2, -0.15) is 0 Å². The van der Waals surface area contributed by atoms with E-state index in [1.807, 2.05) is 23.9 Å². The molecule has 0 aliphatic rings. The predicted molar refractivity (Wildman–Crippen MR) is 172 cm³/mol. The molecule has 0 atom stereocenters. The Morgan fingerprint density at radius 2 is 1.78 bits per heavy atom. The van der Waals surface area contributed by atoms with E-state index < -0.39 is 19.4 Å². The minimum atomic E-state index is -3.50. The van der Waals surface area contributed by atoms with Gasteiger partial charge in [0.1, 0.15) is 11.6 Å². The van der Waals surface area contributed by atoms with Crippen LogP contribution < -0.4 is 26.0 Å². The summed E-state index contributed by atoms with van der Waals surface area (Å²) in [6.07, 6.45) is 3.43. The first kappa shape index (κ1) is 32.2.